The zero-order chi connectivity index (χ0) is 16.9. The molecular formula is C16H29N3O3S. The van der Waals surface area contributed by atoms with E-state index in [0.29, 0.717) is 32.0 Å². The van der Waals surface area contributed by atoms with E-state index < -0.39 is 10.0 Å². The van der Waals surface area contributed by atoms with Gasteiger partial charge in [0.2, 0.25) is 10.0 Å². The second kappa shape index (κ2) is 8.26. The molecule has 0 saturated carbocycles. The second-order valence-electron chi connectivity index (χ2n) is 6.35. The minimum absolute atomic E-state index is 0.251. The van der Waals surface area contributed by atoms with E-state index in [0.717, 1.165) is 37.3 Å². The van der Waals surface area contributed by atoms with Gasteiger partial charge >= 0.3 is 0 Å². The molecule has 1 fully saturated rings. The first-order chi connectivity index (χ1) is 11.0. The SMILES string of the molecule is CCCS(=O)(=O)N1CCCC(Cc2ncc(C)n2CCOC)C1. The topological polar surface area (TPSA) is 64.4 Å². The van der Waals surface area contributed by atoms with Gasteiger partial charge in [0, 0.05) is 45.1 Å². The summed E-state index contributed by atoms with van der Waals surface area (Å²) in [5, 5.41) is 0. The number of ether oxygens (including phenoxy) is 1. The third-order valence-corrected chi connectivity index (χ3v) is 6.51. The number of aryl methyl sites for hydroxylation is 1. The normalized spacial score (nSPS) is 20.0. The molecular weight excluding hydrogens is 314 g/mol. The van der Waals surface area contributed by atoms with Crippen molar-refractivity contribution in [2.24, 2.45) is 5.92 Å². The van der Waals surface area contributed by atoms with E-state index in [9.17, 15) is 8.42 Å². The van der Waals surface area contributed by atoms with Gasteiger partial charge in [-0.15, -0.1) is 0 Å². The molecule has 1 unspecified atom stereocenters. The summed E-state index contributed by atoms with van der Waals surface area (Å²) >= 11 is 0. The van der Waals surface area contributed by atoms with E-state index in [1.807, 2.05) is 20.0 Å². The summed E-state index contributed by atoms with van der Waals surface area (Å²) in [6.07, 6.45) is 5.39. The van der Waals surface area contributed by atoms with Crippen LogP contribution in [0, 0.1) is 12.8 Å². The lowest BCUT2D eigenvalue weighted by molar-refractivity contribution is 0.184. The maximum atomic E-state index is 12.3. The lowest BCUT2D eigenvalue weighted by Gasteiger charge is -2.32. The molecule has 2 rings (SSSR count). The molecule has 1 atom stereocenters. The van der Waals surface area contributed by atoms with Crippen molar-refractivity contribution in [3.05, 3.63) is 17.7 Å². The average Bonchev–Trinajstić information content (AvgIpc) is 2.86. The summed E-state index contributed by atoms with van der Waals surface area (Å²) in [5.74, 6) is 1.64. The first kappa shape index (κ1) is 18.4. The Balaban J connectivity index is 2.03. The Morgan fingerprint density at radius 2 is 2.22 bits per heavy atom. The number of rotatable bonds is 8. The first-order valence-electron chi connectivity index (χ1n) is 8.45. The van der Waals surface area contributed by atoms with Gasteiger partial charge in [0.1, 0.15) is 5.82 Å². The average molecular weight is 343 g/mol. The van der Waals surface area contributed by atoms with Crippen molar-refractivity contribution in [2.75, 3.05) is 32.6 Å². The van der Waals surface area contributed by atoms with Gasteiger partial charge < -0.3 is 9.30 Å². The molecule has 23 heavy (non-hydrogen) atoms. The fraction of sp³-hybridized carbons (Fsp3) is 0.812. The van der Waals surface area contributed by atoms with Gasteiger partial charge in [-0.25, -0.2) is 17.7 Å². The summed E-state index contributed by atoms with van der Waals surface area (Å²) < 4.78 is 33.6. The van der Waals surface area contributed by atoms with Crippen LogP contribution in [0.25, 0.3) is 0 Å². The van der Waals surface area contributed by atoms with Crippen molar-refractivity contribution in [2.45, 2.75) is 46.1 Å². The van der Waals surface area contributed by atoms with E-state index in [4.69, 9.17) is 4.74 Å². The molecule has 1 aromatic rings. The highest BCUT2D eigenvalue weighted by Gasteiger charge is 2.29. The predicted molar refractivity (Wildman–Crippen MR) is 90.9 cm³/mol. The first-order valence-corrected chi connectivity index (χ1v) is 10.1. The smallest absolute Gasteiger partial charge is 0.214 e. The highest BCUT2D eigenvalue weighted by Crippen LogP contribution is 2.23. The van der Waals surface area contributed by atoms with Crippen molar-refractivity contribution >= 4 is 10.0 Å². The maximum absolute atomic E-state index is 12.3. The fourth-order valence-corrected chi connectivity index (χ4v) is 4.87. The van der Waals surface area contributed by atoms with Gasteiger partial charge in [-0.05, 0) is 32.1 Å². The number of piperidine rings is 1. The van der Waals surface area contributed by atoms with Crippen LogP contribution in [0.4, 0.5) is 0 Å². The molecule has 2 heterocycles. The van der Waals surface area contributed by atoms with E-state index >= 15 is 0 Å². The Morgan fingerprint density at radius 3 is 2.91 bits per heavy atom. The summed E-state index contributed by atoms with van der Waals surface area (Å²) in [4.78, 5) is 4.53. The van der Waals surface area contributed by atoms with E-state index in [1.54, 1.807) is 11.4 Å². The summed E-state index contributed by atoms with van der Waals surface area (Å²) in [7, 11) is -1.39. The number of hydrogen-bond donors (Lipinski definition) is 0. The van der Waals surface area contributed by atoms with Gasteiger partial charge in [0.25, 0.3) is 0 Å². The molecule has 6 nitrogen and oxygen atoms in total. The van der Waals surface area contributed by atoms with E-state index in [-0.39, 0.29) is 5.75 Å². The Bertz CT molecular complexity index is 598. The van der Waals surface area contributed by atoms with E-state index in [2.05, 4.69) is 9.55 Å². The van der Waals surface area contributed by atoms with E-state index in [1.165, 1.54) is 0 Å². The molecule has 1 aromatic heterocycles. The van der Waals surface area contributed by atoms with Crippen LogP contribution in [-0.4, -0.2) is 54.8 Å². The maximum Gasteiger partial charge on any atom is 0.214 e. The molecule has 0 N–H and O–H groups in total. The highest BCUT2D eigenvalue weighted by atomic mass is 32.2. The third-order valence-electron chi connectivity index (χ3n) is 4.47. The van der Waals surface area contributed by atoms with Crippen LogP contribution in [-0.2, 0) is 27.7 Å². The number of sulfonamides is 1. The molecule has 1 saturated heterocycles. The minimum atomic E-state index is -3.09. The number of imidazole rings is 1. The zero-order valence-corrected chi connectivity index (χ0v) is 15.3. The minimum Gasteiger partial charge on any atom is -0.383 e. The molecule has 0 aromatic carbocycles. The lowest BCUT2D eigenvalue weighted by Crippen LogP contribution is -2.41. The van der Waals surface area contributed by atoms with Crippen LogP contribution < -0.4 is 0 Å². The van der Waals surface area contributed by atoms with Crippen LogP contribution in [0.5, 0.6) is 0 Å². The predicted octanol–water partition coefficient (Wildman–Crippen LogP) is 1.83. The zero-order valence-electron chi connectivity index (χ0n) is 14.5. The fourth-order valence-electron chi connectivity index (χ4n) is 3.25. The van der Waals surface area contributed by atoms with Gasteiger partial charge in [0.05, 0.1) is 12.4 Å². The van der Waals surface area contributed by atoms with Gasteiger partial charge in [-0.1, -0.05) is 6.92 Å². The van der Waals surface area contributed by atoms with Crippen molar-refractivity contribution in [1.29, 1.82) is 0 Å². The van der Waals surface area contributed by atoms with Crippen LogP contribution >= 0.6 is 0 Å². The van der Waals surface area contributed by atoms with Crippen LogP contribution in [0.1, 0.15) is 37.7 Å². The standard InChI is InChI=1S/C16H29N3O3S/c1-4-10-23(20,21)18-7-5-6-15(13-18)11-16-17-12-14(2)19(16)8-9-22-3/h12,15H,4-11,13H2,1-3H3. The summed E-state index contributed by atoms with van der Waals surface area (Å²) in [6, 6.07) is 0. The molecule has 0 spiro atoms. The van der Waals surface area contributed by atoms with Gasteiger partial charge in [-0.2, -0.15) is 0 Å². The van der Waals surface area contributed by atoms with Crippen LogP contribution in [0.2, 0.25) is 0 Å². The largest absolute Gasteiger partial charge is 0.383 e. The molecule has 7 heteroatoms. The Labute approximate surface area is 139 Å². The highest BCUT2D eigenvalue weighted by molar-refractivity contribution is 7.89. The number of methoxy groups -OCH3 is 1. The molecule has 1 aliphatic heterocycles. The van der Waals surface area contributed by atoms with Crippen molar-refractivity contribution in [3.8, 4) is 0 Å². The second-order valence-corrected chi connectivity index (χ2v) is 8.44. The van der Waals surface area contributed by atoms with Crippen LogP contribution in [0.3, 0.4) is 0 Å². The van der Waals surface area contributed by atoms with Crippen molar-refractivity contribution in [1.82, 2.24) is 13.9 Å². The third kappa shape index (κ3) is 4.78. The molecule has 0 amide bonds. The quantitative estimate of drug-likeness (QED) is 0.722. The Kier molecular flexibility index (Phi) is 6.61. The lowest BCUT2D eigenvalue weighted by atomic mass is 9.96. The number of hydrogen-bond acceptors (Lipinski definition) is 4. The number of aromatic nitrogens is 2. The molecule has 0 bridgehead atoms. The van der Waals surface area contributed by atoms with Crippen molar-refractivity contribution in [3.63, 3.8) is 0 Å². The molecule has 1 aliphatic rings. The summed E-state index contributed by atoms with van der Waals surface area (Å²) in [5.41, 5.74) is 1.13. The molecule has 0 aliphatic carbocycles. The Hall–Kier alpha value is -0.920. The molecule has 132 valence electrons. The monoisotopic (exact) mass is 343 g/mol. The van der Waals surface area contributed by atoms with Gasteiger partial charge in [-0.3, -0.25) is 0 Å². The van der Waals surface area contributed by atoms with Gasteiger partial charge in [0.15, 0.2) is 0 Å². The Morgan fingerprint density at radius 1 is 1.43 bits per heavy atom. The van der Waals surface area contributed by atoms with Crippen LogP contribution in [0.15, 0.2) is 6.20 Å². The number of nitrogens with zero attached hydrogens (tertiary/aromatic N) is 3. The van der Waals surface area contributed by atoms with Crippen molar-refractivity contribution < 1.29 is 13.2 Å². The summed E-state index contributed by atoms with van der Waals surface area (Å²) in [6.45, 7) is 6.70. The molecule has 0 radical (unpaired) electrons.